The fourth-order valence-electron chi connectivity index (χ4n) is 0.391. The van der Waals surface area contributed by atoms with E-state index in [0.29, 0.717) is 0 Å². The maximum absolute atomic E-state index is 9.79. The molecule has 5 nitrogen and oxygen atoms in total. The van der Waals surface area contributed by atoms with Crippen molar-refractivity contribution in [1.82, 2.24) is 0 Å². The molecular weight excluding hydrogens is 147 g/mol. The normalized spacial score (nSPS) is 7.27. The van der Waals surface area contributed by atoms with E-state index in [1.807, 2.05) is 0 Å². The molecule has 0 aromatic carbocycles. The third-order valence-electron chi connectivity index (χ3n) is 0.781. The van der Waals surface area contributed by atoms with Gasteiger partial charge in [-0.2, -0.15) is 0 Å². The molecule has 6 heteroatoms. The monoisotopic (exact) mass is 158 g/mol. The first kappa shape index (κ1) is 16.8. The van der Waals surface area contributed by atoms with Crippen molar-refractivity contribution in [3.05, 3.63) is 0 Å². The molecule has 0 saturated heterocycles. The first-order valence-corrected chi connectivity index (χ1v) is 2.56. The summed E-state index contributed by atoms with van der Waals surface area (Å²) in [7, 11) is 0. The van der Waals surface area contributed by atoms with E-state index >= 15 is 0 Å². The van der Waals surface area contributed by atoms with E-state index < -0.39 is 11.9 Å². The van der Waals surface area contributed by atoms with Crippen LogP contribution in [0.4, 0.5) is 0 Å². The number of hydrogen-bond acceptors (Lipinski definition) is 2. The van der Waals surface area contributed by atoms with Gasteiger partial charge < -0.3 is 15.7 Å². The molecule has 0 aromatic rings. The number of hydrogen-bond donors (Lipinski definition) is 2. The molecule has 0 fully saturated rings. The van der Waals surface area contributed by atoms with Crippen molar-refractivity contribution in [2.24, 2.45) is 0 Å². The first-order chi connectivity index (χ1) is 4.13. The summed E-state index contributed by atoms with van der Waals surface area (Å²) in [5.74, 6) is -1.90. The van der Waals surface area contributed by atoms with Crippen LogP contribution >= 0.6 is 0 Å². The molecule has 0 aromatic heterocycles. The molecule has 0 aliphatic heterocycles. The quantitative estimate of drug-likeness (QED) is 0.504. The fourth-order valence-corrected chi connectivity index (χ4v) is 0.391. The second kappa shape index (κ2) is 9.50. The molecular formula is C5H11LiO5. The van der Waals surface area contributed by atoms with Crippen LogP contribution in [0.15, 0.2) is 0 Å². The Kier molecular flexibility index (Phi) is 14.5. The van der Waals surface area contributed by atoms with E-state index in [9.17, 15) is 9.59 Å². The molecule has 0 unspecified atom stereocenters. The van der Waals surface area contributed by atoms with Crippen LogP contribution in [0.5, 0.6) is 0 Å². The summed E-state index contributed by atoms with van der Waals surface area (Å²) in [5.41, 5.74) is 0. The minimum absolute atomic E-state index is 0. The summed E-state index contributed by atoms with van der Waals surface area (Å²) in [6.07, 6.45) is 0.0866. The van der Waals surface area contributed by atoms with Crippen LogP contribution in [0.2, 0.25) is 0 Å². The summed E-state index contributed by atoms with van der Waals surface area (Å²) in [4.78, 5) is 19.6. The van der Waals surface area contributed by atoms with Gasteiger partial charge in [0, 0.05) is 12.8 Å². The van der Waals surface area contributed by atoms with Crippen LogP contribution in [0, 0.1) is 0 Å². The molecule has 0 rings (SSSR count). The molecule has 0 amide bonds. The molecule has 62 valence electrons. The van der Waals surface area contributed by atoms with E-state index in [4.69, 9.17) is 10.2 Å². The number of rotatable bonds is 4. The van der Waals surface area contributed by atoms with E-state index in [1.165, 1.54) is 0 Å². The minimum atomic E-state index is -0.948. The van der Waals surface area contributed by atoms with Gasteiger partial charge in [-0.3, -0.25) is 9.59 Å². The van der Waals surface area contributed by atoms with Crippen molar-refractivity contribution in [3.63, 3.8) is 0 Å². The van der Waals surface area contributed by atoms with Crippen LogP contribution < -0.4 is 0 Å². The van der Waals surface area contributed by atoms with Gasteiger partial charge in [-0.25, -0.2) is 0 Å². The van der Waals surface area contributed by atoms with Gasteiger partial charge in [0.1, 0.15) is 0 Å². The molecule has 0 aliphatic rings. The summed E-state index contributed by atoms with van der Waals surface area (Å²) >= 11 is 0. The third kappa shape index (κ3) is 17.7. The zero-order chi connectivity index (χ0) is 7.28. The maximum atomic E-state index is 9.79. The van der Waals surface area contributed by atoms with Crippen LogP contribution in [0.1, 0.15) is 19.3 Å². The summed E-state index contributed by atoms with van der Waals surface area (Å²) < 4.78 is 0. The number of carboxylic acid groups (broad SMARTS) is 2. The molecule has 11 heavy (non-hydrogen) atoms. The Morgan fingerprint density at radius 2 is 1.27 bits per heavy atom. The van der Waals surface area contributed by atoms with Gasteiger partial charge in [0.05, 0.1) is 0 Å². The fraction of sp³-hybridized carbons (Fsp3) is 0.600. The van der Waals surface area contributed by atoms with Crippen LogP contribution in [-0.2, 0) is 9.59 Å². The predicted molar refractivity (Wildman–Crippen MR) is 39.9 cm³/mol. The van der Waals surface area contributed by atoms with E-state index in [1.54, 1.807) is 0 Å². The number of carbonyl (C=O) groups is 2. The predicted octanol–water partition coefficient (Wildman–Crippen LogP) is -1.15. The molecule has 0 atom stereocenters. The summed E-state index contributed by atoms with van der Waals surface area (Å²) in [6.45, 7) is 0. The van der Waals surface area contributed by atoms with E-state index in [2.05, 4.69) is 0 Å². The Hall–Kier alpha value is -0.503. The third-order valence-corrected chi connectivity index (χ3v) is 0.781. The molecule has 0 heterocycles. The van der Waals surface area contributed by atoms with Crippen molar-refractivity contribution in [1.29, 1.82) is 0 Å². The second-order valence-corrected chi connectivity index (χ2v) is 1.64. The van der Waals surface area contributed by atoms with Gasteiger partial charge in [0.15, 0.2) is 0 Å². The topological polar surface area (TPSA) is 106 Å². The molecule has 4 N–H and O–H groups in total. The van der Waals surface area contributed by atoms with Gasteiger partial charge in [0.25, 0.3) is 0 Å². The Bertz CT molecular complexity index is 110. The second-order valence-electron chi connectivity index (χ2n) is 1.64. The van der Waals surface area contributed by atoms with Crippen molar-refractivity contribution in [2.75, 3.05) is 0 Å². The number of carboxylic acids is 2. The van der Waals surface area contributed by atoms with Gasteiger partial charge in [-0.05, 0) is 6.42 Å². The van der Waals surface area contributed by atoms with Crippen LogP contribution in [-0.4, -0.2) is 46.5 Å². The van der Waals surface area contributed by atoms with E-state index in [-0.39, 0.29) is 43.6 Å². The van der Waals surface area contributed by atoms with Crippen molar-refractivity contribution < 1.29 is 25.3 Å². The van der Waals surface area contributed by atoms with Crippen LogP contribution in [0.3, 0.4) is 0 Å². The van der Waals surface area contributed by atoms with Gasteiger partial charge >= 0.3 is 30.8 Å². The number of aliphatic carboxylic acids is 2. The zero-order valence-corrected chi connectivity index (χ0v) is 5.33. The van der Waals surface area contributed by atoms with Crippen LogP contribution in [0.25, 0.3) is 0 Å². The SMILES string of the molecule is O.O=C(O)CCCC(=O)O.[LiH]. The Balaban J connectivity index is -0.000000320. The molecule has 0 spiro atoms. The van der Waals surface area contributed by atoms with Gasteiger partial charge in [0.2, 0.25) is 0 Å². The van der Waals surface area contributed by atoms with Gasteiger partial charge in [-0.1, -0.05) is 0 Å². The Morgan fingerprint density at radius 3 is 1.45 bits per heavy atom. The molecule has 0 saturated carbocycles. The molecule has 0 radical (unpaired) electrons. The van der Waals surface area contributed by atoms with E-state index in [0.717, 1.165) is 0 Å². The van der Waals surface area contributed by atoms with Crippen molar-refractivity contribution in [2.45, 2.75) is 19.3 Å². The Morgan fingerprint density at radius 1 is 1.00 bits per heavy atom. The van der Waals surface area contributed by atoms with Crippen molar-refractivity contribution >= 4 is 30.8 Å². The average Bonchev–Trinajstić information content (AvgIpc) is 1.63. The first-order valence-electron chi connectivity index (χ1n) is 2.56. The molecule has 0 bridgehead atoms. The Labute approximate surface area is 75.9 Å². The molecule has 0 aliphatic carbocycles. The van der Waals surface area contributed by atoms with Gasteiger partial charge in [-0.15, -0.1) is 0 Å². The summed E-state index contributed by atoms with van der Waals surface area (Å²) in [6, 6.07) is 0. The summed E-state index contributed by atoms with van der Waals surface area (Å²) in [5, 5.41) is 16.1. The zero-order valence-electron chi connectivity index (χ0n) is 5.33. The van der Waals surface area contributed by atoms with Crippen molar-refractivity contribution in [3.8, 4) is 0 Å². The average molecular weight is 158 g/mol. The standard InChI is InChI=1S/C5H8O4.Li.H2O.H/c6-4(7)2-1-3-5(8)9;;;/h1-3H2,(H,6,7)(H,8,9);;1H2;.